The van der Waals surface area contributed by atoms with Crippen molar-refractivity contribution in [3.05, 3.63) is 46.5 Å². The first-order valence-electron chi connectivity index (χ1n) is 9.46. The maximum atomic E-state index is 12.5. The van der Waals surface area contributed by atoms with Crippen LogP contribution in [-0.4, -0.2) is 46.3 Å². The van der Waals surface area contributed by atoms with Crippen LogP contribution in [0.5, 0.6) is 0 Å². The van der Waals surface area contributed by atoms with Gasteiger partial charge in [-0.1, -0.05) is 0 Å². The van der Waals surface area contributed by atoms with Gasteiger partial charge in [0.1, 0.15) is 6.10 Å². The van der Waals surface area contributed by atoms with Crippen LogP contribution in [0.3, 0.4) is 0 Å². The quantitative estimate of drug-likeness (QED) is 0.670. The van der Waals surface area contributed by atoms with Crippen LogP contribution in [0.15, 0.2) is 18.3 Å². The van der Waals surface area contributed by atoms with Crippen LogP contribution < -0.4 is 10.6 Å². The van der Waals surface area contributed by atoms with Crippen LogP contribution in [0.25, 0.3) is 0 Å². The van der Waals surface area contributed by atoms with E-state index >= 15 is 0 Å². The Morgan fingerprint density at radius 3 is 3.04 bits per heavy atom. The normalized spacial score (nSPS) is 18.5. The molecule has 2 aromatic rings. The fourth-order valence-electron chi connectivity index (χ4n) is 3.38. The van der Waals surface area contributed by atoms with E-state index in [-0.39, 0.29) is 17.9 Å². The van der Waals surface area contributed by atoms with Crippen LogP contribution >= 0.6 is 0 Å². The van der Waals surface area contributed by atoms with Crippen molar-refractivity contribution in [3.8, 4) is 0 Å². The Kier molecular flexibility index (Phi) is 5.63. The van der Waals surface area contributed by atoms with Crippen molar-refractivity contribution in [1.29, 1.82) is 0 Å². The number of rotatable bonds is 6. The first-order valence-corrected chi connectivity index (χ1v) is 9.46. The summed E-state index contributed by atoms with van der Waals surface area (Å²) in [5.74, 6) is -0.350. The number of nitrogens with one attached hydrogen (secondary N) is 3. The van der Waals surface area contributed by atoms with Crippen LogP contribution in [0.1, 0.15) is 45.8 Å². The van der Waals surface area contributed by atoms with E-state index in [2.05, 4.69) is 25.8 Å². The first-order chi connectivity index (χ1) is 13.7. The van der Waals surface area contributed by atoms with E-state index in [1.54, 1.807) is 6.20 Å². The minimum absolute atomic E-state index is 0.108. The van der Waals surface area contributed by atoms with Gasteiger partial charge in [-0.25, -0.2) is 0 Å². The third-order valence-electron chi connectivity index (χ3n) is 4.91. The van der Waals surface area contributed by atoms with Crippen molar-refractivity contribution in [2.45, 2.75) is 45.1 Å². The molecule has 4 heterocycles. The highest BCUT2D eigenvalue weighted by molar-refractivity contribution is 5.93. The van der Waals surface area contributed by atoms with Gasteiger partial charge in [-0.2, -0.15) is 5.10 Å². The van der Waals surface area contributed by atoms with Gasteiger partial charge in [-0.15, -0.1) is 0 Å². The standard InChI is InChI=1S/C19H23N5O4/c25-18(16-2-1-6-28-16)22-10-13-8-12(3-5-20-13)9-21-19(26)17-14-11-27-7-4-15(14)23-24-17/h3,5,8,16H,1-2,4,6-7,9-11H2,(H,21,26)(H,22,25)(H,23,24)/t16-/m1/s1. The Balaban J connectivity index is 1.31. The summed E-state index contributed by atoms with van der Waals surface area (Å²) in [5, 5.41) is 12.8. The van der Waals surface area contributed by atoms with Crippen LogP contribution in [0.4, 0.5) is 0 Å². The molecule has 0 radical (unpaired) electrons. The monoisotopic (exact) mass is 385 g/mol. The zero-order valence-electron chi connectivity index (χ0n) is 15.5. The molecule has 0 aliphatic carbocycles. The fraction of sp³-hybridized carbons (Fsp3) is 0.474. The average Bonchev–Trinajstić information content (AvgIpc) is 3.40. The Labute approximate surface area is 162 Å². The number of carbonyl (C=O) groups excluding carboxylic acids is 2. The number of hydrogen-bond donors (Lipinski definition) is 3. The Bertz CT molecular complexity index is 860. The molecule has 0 aromatic carbocycles. The number of amides is 2. The highest BCUT2D eigenvalue weighted by Gasteiger charge is 2.23. The lowest BCUT2D eigenvalue weighted by molar-refractivity contribution is -0.130. The summed E-state index contributed by atoms with van der Waals surface area (Å²) in [6.45, 7) is 2.34. The zero-order valence-corrected chi connectivity index (χ0v) is 15.5. The van der Waals surface area contributed by atoms with Crippen molar-refractivity contribution in [3.63, 3.8) is 0 Å². The maximum absolute atomic E-state index is 12.5. The molecule has 0 spiro atoms. The van der Waals surface area contributed by atoms with E-state index in [9.17, 15) is 9.59 Å². The average molecular weight is 385 g/mol. The lowest BCUT2D eigenvalue weighted by Gasteiger charge is -2.12. The summed E-state index contributed by atoms with van der Waals surface area (Å²) in [6, 6.07) is 3.69. The van der Waals surface area contributed by atoms with E-state index < -0.39 is 0 Å². The van der Waals surface area contributed by atoms with Gasteiger partial charge in [0.05, 0.1) is 25.5 Å². The van der Waals surface area contributed by atoms with E-state index in [0.717, 1.165) is 41.8 Å². The molecule has 0 bridgehead atoms. The largest absolute Gasteiger partial charge is 0.376 e. The predicted octanol–water partition coefficient (Wildman–Crippen LogP) is 0.603. The predicted molar refractivity (Wildman–Crippen MR) is 98.2 cm³/mol. The smallest absolute Gasteiger partial charge is 0.272 e. The Morgan fingerprint density at radius 1 is 1.25 bits per heavy atom. The number of aromatic nitrogens is 3. The van der Waals surface area contributed by atoms with E-state index in [1.165, 1.54) is 0 Å². The molecule has 2 aliphatic heterocycles. The van der Waals surface area contributed by atoms with Crippen molar-refractivity contribution < 1.29 is 19.1 Å². The number of H-pyrrole nitrogens is 1. The summed E-state index contributed by atoms with van der Waals surface area (Å²) in [6.07, 6.45) is 3.72. The number of aromatic amines is 1. The molecule has 0 unspecified atom stereocenters. The molecule has 2 amide bonds. The SMILES string of the molecule is O=C(NCc1ccnc(CNC(=O)[C@H]2CCCO2)c1)c1n[nH]c2c1COCC2. The van der Waals surface area contributed by atoms with Gasteiger partial charge in [0, 0.05) is 37.0 Å². The van der Waals surface area contributed by atoms with Gasteiger partial charge >= 0.3 is 0 Å². The number of pyridine rings is 1. The van der Waals surface area contributed by atoms with E-state index in [4.69, 9.17) is 9.47 Å². The van der Waals surface area contributed by atoms with Crippen LogP contribution in [-0.2, 0) is 40.4 Å². The molecule has 1 atom stereocenters. The number of hydrogen-bond acceptors (Lipinski definition) is 6. The molecule has 148 valence electrons. The summed E-state index contributed by atoms with van der Waals surface area (Å²) in [7, 11) is 0. The number of fused-ring (bicyclic) bond motifs is 1. The molecule has 3 N–H and O–H groups in total. The zero-order chi connectivity index (χ0) is 19.3. The molecule has 9 heteroatoms. The number of nitrogens with zero attached hydrogens (tertiary/aromatic N) is 2. The molecular weight excluding hydrogens is 362 g/mol. The van der Waals surface area contributed by atoms with Crippen molar-refractivity contribution in [2.75, 3.05) is 13.2 Å². The minimum Gasteiger partial charge on any atom is -0.376 e. The number of ether oxygens (including phenoxy) is 2. The maximum Gasteiger partial charge on any atom is 0.272 e. The molecular formula is C19H23N5O4. The molecule has 0 saturated carbocycles. The first kappa shape index (κ1) is 18.6. The second-order valence-electron chi connectivity index (χ2n) is 6.89. The summed E-state index contributed by atoms with van der Waals surface area (Å²) in [5.41, 5.74) is 3.79. The molecule has 1 saturated heterocycles. The fourth-order valence-corrected chi connectivity index (χ4v) is 3.38. The molecule has 2 aromatic heterocycles. The van der Waals surface area contributed by atoms with Gasteiger partial charge in [-0.05, 0) is 30.5 Å². The molecule has 4 rings (SSSR count). The summed E-state index contributed by atoms with van der Waals surface area (Å²) >= 11 is 0. The van der Waals surface area contributed by atoms with Crippen LogP contribution in [0, 0.1) is 0 Å². The Hall–Kier alpha value is -2.78. The van der Waals surface area contributed by atoms with Crippen LogP contribution in [0.2, 0.25) is 0 Å². The number of carbonyl (C=O) groups is 2. The molecule has 28 heavy (non-hydrogen) atoms. The third kappa shape index (κ3) is 4.20. The van der Waals surface area contributed by atoms with Crippen molar-refractivity contribution >= 4 is 11.8 Å². The lowest BCUT2D eigenvalue weighted by atomic mass is 10.1. The molecule has 1 fully saturated rings. The van der Waals surface area contributed by atoms with E-state index in [0.29, 0.717) is 38.6 Å². The highest BCUT2D eigenvalue weighted by atomic mass is 16.5. The lowest BCUT2D eigenvalue weighted by Crippen LogP contribution is -2.33. The third-order valence-corrected chi connectivity index (χ3v) is 4.91. The molecule has 2 aliphatic rings. The van der Waals surface area contributed by atoms with Gasteiger partial charge in [0.15, 0.2) is 5.69 Å². The van der Waals surface area contributed by atoms with Crippen molar-refractivity contribution in [2.24, 2.45) is 0 Å². The van der Waals surface area contributed by atoms with Gasteiger partial charge < -0.3 is 20.1 Å². The summed E-state index contributed by atoms with van der Waals surface area (Å²) in [4.78, 5) is 28.8. The topological polar surface area (TPSA) is 118 Å². The van der Waals surface area contributed by atoms with Gasteiger partial charge in [0.25, 0.3) is 5.91 Å². The second kappa shape index (κ2) is 8.49. The minimum atomic E-state index is -0.355. The highest BCUT2D eigenvalue weighted by Crippen LogP contribution is 2.18. The summed E-state index contributed by atoms with van der Waals surface area (Å²) < 4.78 is 10.8. The van der Waals surface area contributed by atoms with E-state index in [1.807, 2.05) is 12.1 Å². The van der Waals surface area contributed by atoms with Gasteiger partial charge in [-0.3, -0.25) is 19.7 Å². The second-order valence-corrected chi connectivity index (χ2v) is 6.89. The Morgan fingerprint density at radius 2 is 2.18 bits per heavy atom. The van der Waals surface area contributed by atoms with Gasteiger partial charge in [0.2, 0.25) is 5.91 Å². The van der Waals surface area contributed by atoms with Crippen molar-refractivity contribution in [1.82, 2.24) is 25.8 Å². The molecule has 9 nitrogen and oxygen atoms in total.